The number of thiazole rings is 2. The van der Waals surface area contributed by atoms with E-state index in [1.807, 2.05) is 53.1 Å². The minimum absolute atomic E-state index is 0. The molecule has 5 nitrogen and oxygen atoms in total. The number of fused-ring (bicyclic) bond motifs is 1. The first-order valence-electron chi connectivity index (χ1n) is 11.1. The summed E-state index contributed by atoms with van der Waals surface area (Å²) in [7, 11) is 1.93. The van der Waals surface area contributed by atoms with E-state index < -0.39 is 6.36 Å². The molecule has 0 saturated carbocycles. The molecule has 200 valence electrons. The molecule has 0 spiro atoms. The van der Waals surface area contributed by atoms with Crippen molar-refractivity contribution in [3.05, 3.63) is 89.2 Å². The molecule has 13 heteroatoms. The van der Waals surface area contributed by atoms with Crippen molar-refractivity contribution in [2.45, 2.75) is 31.3 Å². The molecule has 3 heterocycles. The van der Waals surface area contributed by atoms with Gasteiger partial charge in [-0.15, -0.1) is 24.5 Å². The van der Waals surface area contributed by atoms with Gasteiger partial charge in [0.15, 0.2) is 12.7 Å². The summed E-state index contributed by atoms with van der Waals surface area (Å²) in [6.45, 7) is 2.57. The van der Waals surface area contributed by atoms with Crippen molar-refractivity contribution in [1.82, 2.24) is 4.57 Å². The van der Waals surface area contributed by atoms with Gasteiger partial charge >= 0.3 is 6.36 Å². The summed E-state index contributed by atoms with van der Waals surface area (Å²) < 4.78 is 47.8. The number of para-hydroxylation sites is 1. The molecule has 0 aliphatic carbocycles. The van der Waals surface area contributed by atoms with Crippen molar-refractivity contribution >= 4 is 62.8 Å². The zero-order valence-corrected chi connectivity index (χ0v) is 23.9. The van der Waals surface area contributed by atoms with Gasteiger partial charge in [0.05, 0.1) is 22.7 Å². The average Bonchev–Trinajstić information content (AvgIpc) is 3.50. The topological polar surface area (TPSA) is 38.4 Å². The average molecular weight is 619 g/mol. The molecule has 0 unspecified atom stereocenters. The van der Waals surface area contributed by atoms with E-state index in [9.17, 15) is 18.0 Å². The number of alkyl halides is 3. The summed E-state index contributed by atoms with van der Waals surface area (Å²) in [6.07, 6.45) is -1.07. The molecular formula is C25H20Cl2F3N3O2S3. The Hall–Kier alpha value is -2.44. The molecule has 0 fully saturated rings. The second-order valence-corrected chi connectivity index (χ2v) is 11.5. The third-order valence-electron chi connectivity index (χ3n) is 5.72. The second-order valence-electron chi connectivity index (χ2n) is 8.07. The quantitative estimate of drug-likeness (QED) is 0.321. The van der Waals surface area contributed by atoms with Crippen LogP contribution in [0.4, 0.5) is 18.9 Å². The first kappa shape index (κ1) is 28.6. The van der Waals surface area contributed by atoms with Crippen molar-refractivity contribution in [2.75, 3.05) is 11.9 Å². The normalized spacial score (nSPS) is 15.0. The molecule has 1 aliphatic heterocycles. The summed E-state index contributed by atoms with van der Waals surface area (Å²) in [5, 5.41) is 4.13. The van der Waals surface area contributed by atoms with Gasteiger partial charge < -0.3 is 22.0 Å². The molecule has 38 heavy (non-hydrogen) atoms. The Labute approximate surface area is 239 Å². The Bertz CT molecular complexity index is 1660. The zero-order valence-electron chi connectivity index (χ0n) is 20.0. The fraction of sp³-hybridized carbons (Fsp3) is 0.200. The number of thioether (sulfide) groups is 1. The van der Waals surface area contributed by atoms with Crippen molar-refractivity contribution in [3.8, 4) is 5.75 Å². The molecule has 0 atom stereocenters. The van der Waals surface area contributed by atoms with Crippen molar-refractivity contribution < 1.29 is 34.9 Å². The maximum atomic E-state index is 13.4. The molecule has 0 N–H and O–H groups in total. The van der Waals surface area contributed by atoms with Crippen molar-refractivity contribution in [2.24, 2.45) is 0 Å². The summed E-state index contributed by atoms with van der Waals surface area (Å²) in [5.41, 5.74) is 1.30. The second kappa shape index (κ2) is 11.4. The largest absolute Gasteiger partial charge is 1.00 e. The number of rotatable bonds is 5. The zero-order chi connectivity index (χ0) is 26.3. The molecule has 0 radical (unpaired) electrons. The summed E-state index contributed by atoms with van der Waals surface area (Å²) in [6, 6.07) is 11.7. The van der Waals surface area contributed by atoms with Crippen LogP contribution in [0.1, 0.15) is 17.5 Å². The summed E-state index contributed by atoms with van der Waals surface area (Å²) in [5.74, 6) is -0.235. The van der Waals surface area contributed by atoms with Gasteiger partial charge in [-0.2, -0.15) is 4.57 Å². The lowest BCUT2D eigenvalue weighted by Crippen LogP contribution is -3.00. The number of ether oxygens (including phenoxy) is 1. The maximum Gasteiger partial charge on any atom is 0.573 e. The van der Waals surface area contributed by atoms with Crippen molar-refractivity contribution in [3.63, 3.8) is 0 Å². The first-order valence-corrected chi connectivity index (χ1v) is 14.0. The molecule has 2 aromatic heterocycles. The Morgan fingerprint density at radius 2 is 1.95 bits per heavy atom. The number of benzene rings is 2. The molecule has 2 aromatic carbocycles. The molecule has 0 bridgehead atoms. The van der Waals surface area contributed by atoms with Gasteiger partial charge in [-0.3, -0.25) is 9.36 Å². The Morgan fingerprint density at radius 1 is 1.18 bits per heavy atom. The minimum atomic E-state index is -4.77. The molecule has 4 aromatic rings. The highest BCUT2D eigenvalue weighted by Crippen LogP contribution is 2.46. The number of anilines is 1. The van der Waals surface area contributed by atoms with Crippen LogP contribution in [0.25, 0.3) is 11.1 Å². The van der Waals surface area contributed by atoms with Gasteiger partial charge in [0.1, 0.15) is 20.0 Å². The summed E-state index contributed by atoms with van der Waals surface area (Å²) >= 11 is 10.5. The van der Waals surface area contributed by atoms with Crippen LogP contribution in [0.3, 0.4) is 0 Å². The molecule has 5 rings (SSSR count). The number of aromatic nitrogens is 2. The van der Waals surface area contributed by atoms with E-state index in [1.165, 1.54) is 46.6 Å². The Morgan fingerprint density at radius 3 is 2.68 bits per heavy atom. The van der Waals surface area contributed by atoms with Crippen LogP contribution in [-0.2, 0) is 13.1 Å². The van der Waals surface area contributed by atoms with Crippen molar-refractivity contribution in [1.29, 1.82) is 0 Å². The maximum absolute atomic E-state index is 13.4. The summed E-state index contributed by atoms with van der Waals surface area (Å²) in [4.78, 5) is 16.4. The van der Waals surface area contributed by atoms with Crippen LogP contribution in [0, 0.1) is 0 Å². The Balaban J connectivity index is 0.00000336. The highest BCUT2D eigenvalue weighted by molar-refractivity contribution is 8.08. The smallest absolute Gasteiger partial charge is 0.573 e. The highest BCUT2D eigenvalue weighted by atomic mass is 35.5. The van der Waals surface area contributed by atoms with Crippen LogP contribution < -0.4 is 41.4 Å². The van der Waals surface area contributed by atoms with E-state index >= 15 is 0 Å². The number of hydrogen-bond acceptors (Lipinski definition) is 6. The van der Waals surface area contributed by atoms with Crippen LogP contribution >= 0.6 is 46.0 Å². The van der Waals surface area contributed by atoms with Gasteiger partial charge in [-0.05, 0) is 37.3 Å². The van der Waals surface area contributed by atoms with Gasteiger partial charge in [0.25, 0.3) is 10.6 Å². The highest BCUT2D eigenvalue weighted by Gasteiger charge is 2.32. The van der Waals surface area contributed by atoms with E-state index in [2.05, 4.69) is 4.74 Å². The lowest BCUT2D eigenvalue weighted by molar-refractivity contribution is -0.685. The standard InChI is InChI=1S/C25H20ClF3N3O2S3.ClH/c1-3-32-21(37-22(23(32)33)24-30(2)17-9-8-16(26)12-19(17)36-24)13-20-31(10-11-35-20)14-15-6-4-5-7-18(15)34-25(27,28)29;/h4-13H,3,14H2,1-2H3;1H/q+1;/p-1/b24-22+;. The van der Waals surface area contributed by atoms with Gasteiger partial charge in [0.2, 0.25) is 0 Å². The fourth-order valence-electron chi connectivity index (χ4n) is 4.01. The van der Waals surface area contributed by atoms with Crippen LogP contribution in [0.2, 0.25) is 5.02 Å². The minimum Gasteiger partial charge on any atom is -1.00 e. The number of nitrogens with zero attached hydrogens (tertiary/aromatic N) is 3. The van der Waals surface area contributed by atoms with Gasteiger partial charge in [-0.25, -0.2) is 0 Å². The lowest BCUT2D eigenvalue weighted by atomic mass is 10.2. The van der Waals surface area contributed by atoms with Crippen LogP contribution in [-0.4, -0.2) is 18.0 Å². The van der Waals surface area contributed by atoms with E-state index in [0.29, 0.717) is 21.7 Å². The molecule has 0 saturated heterocycles. The third-order valence-corrected chi connectivity index (χ3v) is 9.27. The predicted octanol–water partition coefficient (Wildman–Crippen LogP) is 2.02. The SMILES string of the molecule is CCn1c(=O)/c(=C2\Sc3cc(Cl)ccc3N2C)s/c1=C\c1scc[n+]1Cc1ccccc1OC(F)(F)F.[Cl-]. The lowest BCUT2D eigenvalue weighted by Gasteiger charge is -2.12. The number of halogens is 5. The van der Waals surface area contributed by atoms with Crippen LogP contribution in [0.5, 0.6) is 5.75 Å². The Kier molecular flexibility index (Phi) is 8.53. The van der Waals surface area contributed by atoms with E-state index in [0.717, 1.165) is 25.3 Å². The molecular weight excluding hydrogens is 598 g/mol. The van der Waals surface area contributed by atoms with Gasteiger partial charge in [-0.1, -0.05) is 46.8 Å². The van der Waals surface area contributed by atoms with E-state index in [1.54, 1.807) is 22.9 Å². The monoisotopic (exact) mass is 617 g/mol. The third kappa shape index (κ3) is 5.76. The van der Waals surface area contributed by atoms with Crippen LogP contribution in [0.15, 0.2) is 63.7 Å². The first-order chi connectivity index (χ1) is 17.6. The molecule has 1 aliphatic rings. The van der Waals surface area contributed by atoms with E-state index in [-0.39, 0.29) is 30.3 Å². The number of hydrogen-bond donors (Lipinski definition) is 0. The fourth-order valence-corrected chi connectivity index (χ4v) is 7.60. The van der Waals surface area contributed by atoms with Gasteiger partial charge in [0, 0.05) is 23.5 Å². The predicted molar refractivity (Wildman–Crippen MR) is 143 cm³/mol. The molecule has 0 amide bonds. The van der Waals surface area contributed by atoms with E-state index in [4.69, 9.17) is 11.6 Å².